The summed E-state index contributed by atoms with van der Waals surface area (Å²) in [5.41, 5.74) is 6.79. The lowest BCUT2D eigenvalue weighted by atomic mass is 10.4. The van der Waals surface area contributed by atoms with Crippen LogP contribution in [-0.4, -0.2) is 42.1 Å². The molecule has 0 radical (unpaired) electrons. The van der Waals surface area contributed by atoms with Gasteiger partial charge in [-0.05, 0) is 39.7 Å². The van der Waals surface area contributed by atoms with E-state index in [1.807, 2.05) is 6.92 Å². The van der Waals surface area contributed by atoms with Crippen LogP contribution in [0.25, 0.3) is 0 Å². The van der Waals surface area contributed by atoms with E-state index in [4.69, 9.17) is 5.73 Å². The van der Waals surface area contributed by atoms with Crippen LogP contribution in [0.5, 0.6) is 0 Å². The molecule has 1 aliphatic heterocycles. The lowest BCUT2D eigenvalue weighted by molar-refractivity contribution is 0.476. The molecule has 2 heterocycles. The zero-order valence-electron chi connectivity index (χ0n) is 11.6. The fourth-order valence-corrected chi connectivity index (χ4v) is 4.46. The van der Waals surface area contributed by atoms with Crippen molar-refractivity contribution in [2.24, 2.45) is 5.73 Å². The first-order chi connectivity index (χ1) is 8.98. The maximum atomic E-state index is 12.6. The topological polar surface area (TPSA) is 81.2 Å². The van der Waals surface area contributed by atoms with E-state index < -0.39 is 10.0 Å². The summed E-state index contributed by atoms with van der Waals surface area (Å²) in [7, 11) is -3.39. The minimum Gasteiger partial charge on any atom is -0.330 e. The molecule has 0 unspecified atom stereocenters. The van der Waals surface area contributed by atoms with E-state index in [-0.39, 0.29) is 0 Å². The van der Waals surface area contributed by atoms with Crippen molar-refractivity contribution in [1.82, 2.24) is 14.1 Å². The minimum atomic E-state index is -3.39. The Morgan fingerprint density at radius 2 is 1.89 bits per heavy atom. The Kier molecular flexibility index (Phi) is 4.27. The van der Waals surface area contributed by atoms with Crippen LogP contribution in [0.3, 0.4) is 0 Å². The number of aryl methyl sites for hydroxylation is 2. The molecule has 19 heavy (non-hydrogen) atoms. The first-order valence-electron chi connectivity index (χ1n) is 6.72. The van der Waals surface area contributed by atoms with Crippen molar-refractivity contribution in [2.45, 2.75) is 44.6 Å². The van der Waals surface area contributed by atoms with Gasteiger partial charge in [-0.15, -0.1) is 0 Å². The van der Waals surface area contributed by atoms with Crippen molar-refractivity contribution in [2.75, 3.05) is 19.6 Å². The van der Waals surface area contributed by atoms with E-state index >= 15 is 0 Å². The van der Waals surface area contributed by atoms with Crippen LogP contribution in [0.4, 0.5) is 0 Å². The third kappa shape index (κ3) is 2.68. The van der Waals surface area contributed by atoms with E-state index in [0.29, 0.717) is 36.8 Å². The highest BCUT2D eigenvalue weighted by Gasteiger charge is 2.32. The minimum absolute atomic E-state index is 0.381. The highest BCUT2D eigenvalue weighted by Crippen LogP contribution is 2.26. The molecular weight excluding hydrogens is 264 g/mol. The quantitative estimate of drug-likeness (QED) is 0.861. The highest BCUT2D eigenvalue weighted by atomic mass is 32.2. The van der Waals surface area contributed by atoms with Crippen LogP contribution >= 0.6 is 0 Å². The molecule has 0 amide bonds. The zero-order chi connectivity index (χ0) is 14.0. The van der Waals surface area contributed by atoms with Gasteiger partial charge in [0.25, 0.3) is 0 Å². The molecule has 0 bridgehead atoms. The maximum Gasteiger partial charge on any atom is 0.246 e. The van der Waals surface area contributed by atoms with Gasteiger partial charge in [0.2, 0.25) is 10.0 Å². The number of rotatable bonds is 5. The second-order valence-electron chi connectivity index (χ2n) is 4.98. The van der Waals surface area contributed by atoms with E-state index in [2.05, 4.69) is 5.10 Å². The molecule has 1 fully saturated rings. The predicted molar refractivity (Wildman–Crippen MR) is 73.4 cm³/mol. The van der Waals surface area contributed by atoms with Crippen LogP contribution in [0, 0.1) is 13.8 Å². The lowest BCUT2D eigenvalue weighted by Crippen LogP contribution is -2.28. The largest absolute Gasteiger partial charge is 0.330 e. The molecule has 6 nitrogen and oxygen atoms in total. The maximum absolute atomic E-state index is 12.6. The van der Waals surface area contributed by atoms with Gasteiger partial charge in [0.1, 0.15) is 4.90 Å². The van der Waals surface area contributed by atoms with Crippen LogP contribution < -0.4 is 5.73 Å². The Labute approximate surface area is 114 Å². The Balaban J connectivity index is 2.36. The molecule has 1 saturated heterocycles. The third-order valence-corrected chi connectivity index (χ3v) is 5.70. The predicted octanol–water partition coefficient (Wildman–Crippen LogP) is 0.633. The smallest absolute Gasteiger partial charge is 0.246 e. The van der Waals surface area contributed by atoms with Gasteiger partial charge in [-0.25, -0.2) is 8.42 Å². The fraction of sp³-hybridized carbons (Fsp3) is 0.750. The van der Waals surface area contributed by atoms with Gasteiger partial charge >= 0.3 is 0 Å². The summed E-state index contributed by atoms with van der Waals surface area (Å²) in [5, 5.41) is 4.34. The van der Waals surface area contributed by atoms with Crippen molar-refractivity contribution < 1.29 is 8.42 Å². The monoisotopic (exact) mass is 286 g/mol. The molecule has 0 aliphatic carbocycles. The van der Waals surface area contributed by atoms with Gasteiger partial charge in [-0.3, -0.25) is 4.68 Å². The third-order valence-electron chi connectivity index (χ3n) is 3.55. The van der Waals surface area contributed by atoms with Crippen molar-refractivity contribution >= 4 is 10.0 Å². The fourth-order valence-electron chi connectivity index (χ4n) is 2.57. The standard InChI is InChI=1S/C12H22N4O2S/c1-10-12(11(2)16(14-10)9-5-6-13)19(17,18)15-7-3-4-8-15/h3-9,13H2,1-2H3. The molecule has 1 aromatic rings. The zero-order valence-corrected chi connectivity index (χ0v) is 12.4. The SMILES string of the molecule is Cc1nn(CCCN)c(C)c1S(=O)(=O)N1CCCC1. The summed E-state index contributed by atoms with van der Waals surface area (Å²) in [4.78, 5) is 0.381. The molecule has 1 aliphatic rings. The molecule has 1 aromatic heterocycles. The van der Waals surface area contributed by atoms with Crippen LogP contribution in [0.15, 0.2) is 4.90 Å². The van der Waals surface area contributed by atoms with Crippen molar-refractivity contribution in [3.8, 4) is 0 Å². The molecule has 2 rings (SSSR count). The van der Waals surface area contributed by atoms with Crippen LogP contribution in [0.2, 0.25) is 0 Å². The molecule has 7 heteroatoms. The van der Waals surface area contributed by atoms with E-state index in [9.17, 15) is 8.42 Å². The highest BCUT2D eigenvalue weighted by molar-refractivity contribution is 7.89. The number of hydrogen-bond acceptors (Lipinski definition) is 4. The summed E-state index contributed by atoms with van der Waals surface area (Å²) in [6.07, 6.45) is 2.68. The van der Waals surface area contributed by atoms with Crippen LogP contribution in [-0.2, 0) is 16.6 Å². The summed E-state index contributed by atoms with van der Waals surface area (Å²) >= 11 is 0. The summed E-state index contributed by atoms with van der Waals surface area (Å²) in [6.45, 7) is 6.06. The van der Waals surface area contributed by atoms with Crippen LogP contribution in [0.1, 0.15) is 30.7 Å². The van der Waals surface area contributed by atoms with Crippen molar-refractivity contribution in [3.63, 3.8) is 0 Å². The number of aromatic nitrogens is 2. The van der Waals surface area contributed by atoms with Gasteiger partial charge < -0.3 is 5.73 Å². The molecule has 0 spiro atoms. The summed E-state index contributed by atoms with van der Waals surface area (Å²) in [5.74, 6) is 0. The summed E-state index contributed by atoms with van der Waals surface area (Å²) in [6, 6.07) is 0. The average Bonchev–Trinajstić information content (AvgIpc) is 2.95. The van der Waals surface area contributed by atoms with E-state index in [0.717, 1.165) is 25.0 Å². The molecule has 0 saturated carbocycles. The molecule has 108 valence electrons. The second kappa shape index (κ2) is 5.60. The number of hydrogen-bond donors (Lipinski definition) is 1. The molecule has 0 aromatic carbocycles. The number of sulfonamides is 1. The van der Waals surface area contributed by atoms with Gasteiger partial charge in [0, 0.05) is 19.6 Å². The van der Waals surface area contributed by atoms with Gasteiger partial charge in [-0.1, -0.05) is 0 Å². The van der Waals surface area contributed by atoms with E-state index in [1.165, 1.54) is 0 Å². The number of nitrogens with zero attached hydrogens (tertiary/aromatic N) is 3. The Morgan fingerprint density at radius 1 is 1.26 bits per heavy atom. The first kappa shape index (κ1) is 14.5. The Hall–Kier alpha value is -0.920. The van der Waals surface area contributed by atoms with Gasteiger partial charge in [0.05, 0.1) is 11.4 Å². The van der Waals surface area contributed by atoms with Crippen molar-refractivity contribution in [3.05, 3.63) is 11.4 Å². The normalized spacial score (nSPS) is 17.2. The first-order valence-corrected chi connectivity index (χ1v) is 8.16. The molecular formula is C12H22N4O2S. The second-order valence-corrected chi connectivity index (χ2v) is 6.85. The molecule has 2 N–H and O–H groups in total. The average molecular weight is 286 g/mol. The van der Waals surface area contributed by atoms with E-state index in [1.54, 1.807) is 15.9 Å². The molecule has 0 atom stereocenters. The van der Waals surface area contributed by atoms with Gasteiger partial charge in [0.15, 0.2) is 0 Å². The Morgan fingerprint density at radius 3 is 2.47 bits per heavy atom. The number of nitrogens with two attached hydrogens (primary N) is 1. The Bertz CT molecular complexity index is 544. The van der Waals surface area contributed by atoms with Gasteiger partial charge in [-0.2, -0.15) is 9.40 Å². The lowest BCUT2D eigenvalue weighted by Gasteiger charge is -2.15. The summed E-state index contributed by atoms with van der Waals surface area (Å²) < 4.78 is 28.5. The van der Waals surface area contributed by atoms with Crippen molar-refractivity contribution in [1.29, 1.82) is 0 Å².